The van der Waals surface area contributed by atoms with Gasteiger partial charge in [0.15, 0.2) is 0 Å². The SMILES string of the molecule is CC(O)(CNC(=O)NCC1CC1(C)C)CC(=O)O. The van der Waals surface area contributed by atoms with Crippen molar-refractivity contribution < 1.29 is 19.8 Å². The second kappa shape index (κ2) is 5.14. The van der Waals surface area contributed by atoms with Gasteiger partial charge in [0.25, 0.3) is 0 Å². The third-order valence-electron chi connectivity index (χ3n) is 3.39. The van der Waals surface area contributed by atoms with Crippen molar-refractivity contribution >= 4 is 12.0 Å². The molecular weight excluding hydrogens is 236 g/mol. The molecule has 4 N–H and O–H groups in total. The summed E-state index contributed by atoms with van der Waals surface area (Å²) in [5.41, 5.74) is -1.12. The number of carbonyl (C=O) groups is 2. The van der Waals surface area contributed by atoms with Gasteiger partial charge in [-0.3, -0.25) is 4.79 Å². The molecule has 104 valence electrons. The highest BCUT2D eigenvalue weighted by Gasteiger charge is 2.45. The van der Waals surface area contributed by atoms with Gasteiger partial charge < -0.3 is 20.8 Å². The lowest BCUT2D eigenvalue weighted by atomic mass is 10.0. The van der Waals surface area contributed by atoms with E-state index in [1.807, 2.05) is 0 Å². The number of rotatable bonds is 6. The smallest absolute Gasteiger partial charge is 0.314 e. The fourth-order valence-electron chi connectivity index (χ4n) is 1.86. The molecule has 0 aromatic heterocycles. The number of carboxylic acids is 1. The number of carboxylic acid groups (broad SMARTS) is 1. The van der Waals surface area contributed by atoms with Crippen molar-refractivity contribution in [1.82, 2.24) is 10.6 Å². The van der Waals surface area contributed by atoms with Crippen LogP contribution in [0.15, 0.2) is 0 Å². The van der Waals surface area contributed by atoms with Crippen molar-refractivity contribution in [1.29, 1.82) is 0 Å². The minimum absolute atomic E-state index is 0.0841. The summed E-state index contributed by atoms with van der Waals surface area (Å²) in [7, 11) is 0. The summed E-state index contributed by atoms with van der Waals surface area (Å²) in [4.78, 5) is 21.9. The molecule has 1 rings (SSSR count). The van der Waals surface area contributed by atoms with Crippen LogP contribution in [-0.2, 0) is 4.79 Å². The average molecular weight is 258 g/mol. The Bertz CT molecular complexity index is 339. The first-order chi connectivity index (χ1) is 8.12. The first kappa shape index (κ1) is 14.8. The van der Waals surface area contributed by atoms with Crippen LogP contribution in [0.1, 0.15) is 33.6 Å². The summed E-state index contributed by atoms with van der Waals surface area (Å²) in [6.07, 6.45) is 0.701. The maximum atomic E-state index is 11.4. The lowest BCUT2D eigenvalue weighted by Crippen LogP contribution is -2.46. The predicted octanol–water partition coefficient (Wildman–Crippen LogP) is 0.557. The van der Waals surface area contributed by atoms with E-state index in [9.17, 15) is 14.7 Å². The Hall–Kier alpha value is -1.30. The molecule has 0 aliphatic heterocycles. The molecule has 0 saturated heterocycles. The predicted molar refractivity (Wildman–Crippen MR) is 66.2 cm³/mol. The minimum atomic E-state index is -1.43. The Balaban J connectivity index is 2.19. The van der Waals surface area contributed by atoms with Crippen LogP contribution in [0.4, 0.5) is 4.79 Å². The number of nitrogens with one attached hydrogen (secondary N) is 2. The molecule has 6 nitrogen and oxygen atoms in total. The number of hydrogen-bond donors (Lipinski definition) is 4. The fourth-order valence-corrected chi connectivity index (χ4v) is 1.86. The van der Waals surface area contributed by atoms with E-state index in [4.69, 9.17) is 5.11 Å². The molecule has 2 unspecified atom stereocenters. The van der Waals surface area contributed by atoms with Crippen molar-refractivity contribution in [2.24, 2.45) is 11.3 Å². The molecule has 1 fully saturated rings. The van der Waals surface area contributed by atoms with Crippen LogP contribution in [0.2, 0.25) is 0 Å². The van der Waals surface area contributed by atoms with E-state index in [1.165, 1.54) is 6.92 Å². The quantitative estimate of drug-likeness (QED) is 0.559. The summed E-state index contributed by atoms with van der Waals surface area (Å²) in [5, 5.41) is 23.4. The van der Waals surface area contributed by atoms with E-state index in [2.05, 4.69) is 24.5 Å². The highest BCUT2D eigenvalue weighted by atomic mass is 16.4. The van der Waals surface area contributed by atoms with Crippen LogP contribution in [-0.4, -0.2) is 40.9 Å². The summed E-state index contributed by atoms with van der Waals surface area (Å²) >= 11 is 0. The molecule has 0 heterocycles. The van der Waals surface area contributed by atoms with E-state index in [-0.39, 0.29) is 12.6 Å². The molecular formula is C12H22N2O4. The lowest BCUT2D eigenvalue weighted by Gasteiger charge is -2.21. The Morgan fingerprint density at radius 3 is 2.39 bits per heavy atom. The van der Waals surface area contributed by atoms with Gasteiger partial charge in [0.1, 0.15) is 0 Å². The number of aliphatic hydroxyl groups is 1. The molecule has 1 aliphatic rings. The van der Waals surface area contributed by atoms with Gasteiger partial charge in [0.05, 0.1) is 12.0 Å². The molecule has 0 bridgehead atoms. The monoisotopic (exact) mass is 258 g/mol. The van der Waals surface area contributed by atoms with Gasteiger partial charge in [-0.15, -0.1) is 0 Å². The fraction of sp³-hybridized carbons (Fsp3) is 0.833. The standard InChI is InChI=1S/C12H22N2O4/c1-11(2)4-8(11)6-13-10(17)14-7-12(3,18)5-9(15)16/h8,18H,4-7H2,1-3H3,(H,15,16)(H2,13,14,17). The molecule has 6 heteroatoms. The van der Waals surface area contributed by atoms with Gasteiger partial charge in [-0.1, -0.05) is 13.8 Å². The Labute approximate surface area is 107 Å². The normalized spacial score (nSPS) is 23.9. The Morgan fingerprint density at radius 2 is 1.94 bits per heavy atom. The number of amides is 2. The third-order valence-corrected chi connectivity index (χ3v) is 3.39. The topological polar surface area (TPSA) is 98.7 Å². The van der Waals surface area contributed by atoms with Gasteiger partial charge >= 0.3 is 12.0 Å². The van der Waals surface area contributed by atoms with Crippen LogP contribution in [0.5, 0.6) is 0 Å². The van der Waals surface area contributed by atoms with E-state index < -0.39 is 18.0 Å². The molecule has 0 aromatic carbocycles. The highest BCUT2D eigenvalue weighted by Crippen LogP contribution is 2.50. The van der Waals surface area contributed by atoms with Gasteiger partial charge in [0, 0.05) is 13.1 Å². The Kier molecular flexibility index (Phi) is 4.21. The first-order valence-corrected chi connectivity index (χ1v) is 6.08. The molecule has 2 amide bonds. The van der Waals surface area contributed by atoms with Gasteiger partial charge in [-0.05, 0) is 24.7 Å². The molecule has 0 aromatic rings. The van der Waals surface area contributed by atoms with Gasteiger partial charge in [0.2, 0.25) is 0 Å². The lowest BCUT2D eigenvalue weighted by molar-refractivity contribution is -0.141. The second-order valence-electron chi connectivity index (χ2n) is 6.02. The van der Waals surface area contributed by atoms with E-state index in [0.29, 0.717) is 17.9 Å². The van der Waals surface area contributed by atoms with E-state index in [0.717, 1.165) is 6.42 Å². The van der Waals surface area contributed by atoms with Crippen LogP contribution in [0.3, 0.4) is 0 Å². The van der Waals surface area contributed by atoms with Crippen LogP contribution in [0.25, 0.3) is 0 Å². The largest absolute Gasteiger partial charge is 0.481 e. The maximum Gasteiger partial charge on any atom is 0.314 e. The molecule has 18 heavy (non-hydrogen) atoms. The number of aliphatic carboxylic acids is 1. The first-order valence-electron chi connectivity index (χ1n) is 6.08. The number of urea groups is 1. The number of carbonyl (C=O) groups excluding carboxylic acids is 1. The number of hydrogen-bond acceptors (Lipinski definition) is 3. The molecule has 1 aliphatic carbocycles. The van der Waals surface area contributed by atoms with Crippen molar-refractivity contribution in [2.45, 2.75) is 39.2 Å². The van der Waals surface area contributed by atoms with Crippen LogP contribution in [0, 0.1) is 11.3 Å². The Morgan fingerprint density at radius 1 is 1.39 bits per heavy atom. The van der Waals surface area contributed by atoms with Crippen molar-refractivity contribution in [3.63, 3.8) is 0 Å². The average Bonchev–Trinajstić information content (AvgIpc) is 2.79. The minimum Gasteiger partial charge on any atom is -0.481 e. The summed E-state index contributed by atoms with van der Waals surface area (Å²) in [6.45, 7) is 6.20. The zero-order chi connectivity index (χ0) is 14.0. The second-order valence-corrected chi connectivity index (χ2v) is 6.02. The molecule has 0 radical (unpaired) electrons. The van der Waals surface area contributed by atoms with Crippen molar-refractivity contribution in [3.8, 4) is 0 Å². The van der Waals surface area contributed by atoms with Gasteiger partial charge in [-0.2, -0.15) is 0 Å². The molecule has 0 spiro atoms. The van der Waals surface area contributed by atoms with Gasteiger partial charge in [-0.25, -0.2) is 4.79 Å². The molecule has 1 saturated carbocycles. The summed E-state index contributed by atoms with van der Waals surface area (Å²) < 4.78 is 0. The zero-order valence-electron chi connectivity index (χ0n) is 11.1. The third kappa shape index (κ3) is 4.91. The van der Waals surface area contributed by atoms with Crippen molar-refractivity contribution in [3.05, 3.63) is 0 Å². The molecule has 2 atom stereocenters. The summed E-state index contributed by atoms with van der Waals surface area (Å²) in [6, 6.07) is -0.372. The maximum absolute atomic E-state index is 11.4. The highest BCUT2D eigenvalue weighted by molar-refractivity contribution is 5.74. The van der Waals surface area contributed by atoms with Crippen LogP contribution >= 0.6 is 0 Å². The van der Waals surface area contributed by atoms with E-state index >= 15 is 0 Å². The van der Waals surface area contributed by atoms with Crippen molar-refractivity contribution in [2.75, 3.05) is 13.1 Å². The van der Waals surface area contributed by atoms with Crippen LogP contribution < -0.4 is 10.6 Å². The zero-order valence-corrected chi connectivity index (χ0v) is 11.1. The summed E-state index contributed by atoms with van der Waals surface area (Å²) in [5.74, 6) is -0.593. The van der Waals surface area contributed by atoms with E-state index in [1.54, 1.807) is 0 Å².